The Kier molecular flexibility index (Phi) is 5.43. The van der Waals surface area contributed by atoms with Crippen LogP contribution in [0, 0.1) is 0 Å². The predicted octanol–water partition coefficient (Wildman–Crippen LogP) is 0.149. The van der Waals surface area contributed by atoms with Crippen molar-refractivity contribution in [2.75, 3.05) is 5.75 Å². The van der Waals surface area contributed by atoms with Crippen LogP contribution in [0.5, 0.6) is 0 Å². The van der Waals surface area contributed by atoms with Gasteiger partial charge in [-0.15, -0.1) is 0 Å². The lowest BCUT2D eigenvalue weighted by Crippen LogP contribution is -2.44. The first kappa shape index (κ1) is 14.0. The number of aromatic nitrogens is 3. The summed E-state index contributed by atoms with van der Waals surface area (Å²) < 4.78 is 1.71. The van der Waals surface area contributed by atoms with Gasteiger partial charge in [0.05, 0.1) is 6.04 Å². The Balaban J connectivity index is 2.37. The molecule has 0 saturated carbocycles. The second-order valence-corrected chi connectivity index (χ2v) is 5.14. The van der Waals surface area contributed by atoms with Crippen molar-refractivity contribution in [3.05, 3.63) is 6.33 Å². The molecular formula is C10H19N5OS. The van der Waals surface area contributed by atoms with Gasteiger partial charge in [-0.2, -0.15) is 5.10 Å². The maximum atomic E-state index is 11.2. The van der Waals surface area contributed by atoms with E-state index >= 15 is 0 Å². The van der Waals surface area contributed by atoms with Crippen LogP contribution in [0.3, 0.4) is 0 Å². The summed E-state index contributed by atoms with van der Waals surface area (Å²) in [6, 6.07) is -0.0388. The number of hydrogen-bond donors (Lipinski definition) is 2. The molecule has 0 aliphatic carbocycles. The van der Waals surface area contributed by atoms with Crippen molar-refractivity contribution in [1.82, 2.24) is 20.1 Å². The maximum Gasteiger partial charge on any atom is 0.234 e. The molecule has 0 fully saturated rings. The number of carbonyl (C=O) groups is 1. The Labute approximate surface area is 105 Å². The largest absolute Gasteiger partial charge is 0.368 e. The van der Waals surface area contributed by atoms with E-state index in [2.05, 4.69) is 15.4 Å². The fraction of sp³-hybridized carbons (Fsp3) is 0.700. The molecule has 1 heterocycles. The number of thioether (sulfide) groups is 1. The van der Waals surface area contributed by atoms with E-state index < -0.39 is 0 Å². The molecule has 0 aliphatic rings. The fourth-order valence-electron chi connectivity index (χ4n) is 1.39. The lowest BCUT2D eigenvalue weighted by molar-refractivity contribution is -0.120. The van der Waals surface area contributed by atoms with Crippen molar-refractivity contribution in [3.63, 3.8) is 0 Å². The van der Waals surface area contributed by atoms with Crippen LogP contribution in [0.2, 0.25) is 0 Å². The van der Waals surface area contributed by atoms with Crippen molar-refractivity contribution in [2.24, 2.45) is 12.8 Å². The second-order valence-electron chi connectivity index (χ2n) is 4.08. The van der Waals surface area contributed by atoms with Crippen molar-refractivity contribution in [1.29, 1.82) is 0 Å². The molecule has 3 N–H and O–H groups in total. The number of amides is 1. The standard InChI is InChI=1S/C10H19N5OS/c1-7(2)14-8(9(11)16)4-5-17-10-12-6-13-15(10)3/h6-8,14H,4-5H2,1-3H3,(H2,11,16). The van der Waals surface area contributed by atoms with E-state index in [0.717, 1.165) is 10.9 Å². The zero-order valence-corrected chi connectivity index (χ0v) is 11.2. The molecule has 1 aromatic heterocycles. The molecule has 0 bridgehead atoms. The summed E-state index contributed by atoms with van der Waals surface area (Å²) in [6.45, 7) is 3.98. The van der Waals surface area contributed by atoms with E-state index in [0.29, 0.717) is 6.42 Å². The van der Waals surface area contributed by atoms with Crippen molar-refractivity contribution >= 4 is 17.7 Å². The molecule has 6 nitrogen and oxygen atoms in total. The Morgan fingerprint density at radius 1 is 1.65 bits per heavy atom. The normalized spacial score (nSPS) is 12.9. The molecule has 0 saturated heterocycles. The van der Waals surface area contributed by atoms with Crippen molar-refractivity contribution < 1.29 is 4.79 Å². The van der Waals surface area contributed by atoms with E-state index in [1.165, 1.54) is 6.33 Å². The van der Waals surface area contributed by atoms with Crippen LogP contribution in [-0.4, -0.2) is 38.5 Å². The van der Waals surface area contributed by atoms with Crippen LogP contribution >= 0.6 is 11.8 Å². The van der Waals surface area contributed by atoms with Gasteiger partial charge in [-0.05, 0) is 6.42 Å². The van der Waals surface area contributed by atoms with Crippen LogP contribution in [0.25, 0.3) is 0 Å². The minimum Gasteiger partial charge on any atom is -0.368 e. The Bertz CT molecular complexity index is 365. The first-order chi connectivity index (χ1) is 8.00. The van der Waals surface area contributed by atoms with Gasteiger partial charge in [0.15, 0.2) is 5.16 Å². The SMILES string of the molecule is CC(C)NC(CCSc1ncnn1C)C(N)=O. The summed E-state index contributed by atoms with van der Waals surface area (Å²) in [7, 11) is 1.84. The van der Waals surface area contributed by atoms with Crippen LogP contribution in [0.4, 0.5) is 0 Å². The maximum absolute atomic E-state index is 11.2. The number of nitrogens with one attached hydrogen (secondary N) is 1. The quantitative estimate of drug-likeness (QED) is 0.679. The molecule has 0 aliphatic heterocycles. The number of hydrogen-bond acceptors (Lipinski definition) is 5. The van der Waals surface area contributed by atoms with E-state index in [4.69, 9.17) is 5.73 Å². The summed E-state index contributed by atoms with van der Waals surface area (Å²) in [5.41, 5.74) is 5.33. The number of nitrogens with zero attached hydrogens (tertiary/aromatic N) is 3. The third kappa shape index (κ3) is 4.74. The van der Waals surface area contributed by atoms with E-state index in [1.54, 1.807) is 16.4 Å². The molecule has 96 valence electrons. The molecule has 1 atom stereocenters. The van der Waals surface area contributed by atoms with Crippen LogP contribution in [-0.2, 0) is 11.8 Å². The summed E-state index contributed by atoms with van der Waals surface area (Å²) in [5, 5.41) is 7.96. The number of rotatable bonds is 7. The van der Waals surface area contributed by atoms with Crippen LogP contribution < -0.4 is 11.1 Å². The number of nitrogens with two attached hydrogens (primary N) is 1. The lowest BCUT2D eigenvalue weighted by atomic mass is 10.2. The first-order valence-corrected chi connectivity index (χ1v) is 6.51. The summed E-state index contributed by atoms with van der Waals surface area (Å²) >= 11 is 1.57. The molecule has 1 rings (SSSR count). The highest BCUT2D eigenvalue weighted by Crippen LogP contribution is 2.15. The minimum atomic E-state index is -0.308. The highest BCUT2D eigenvalue weighted by atomic mass is 32.2. The van der Waals surface area contributed by atoms with Gasteiger partial charge in [0.2, 0.25) is 5.91 Å². The highest BCUT2D eigenvalue weighted by Gasteiger charge is 2.16. The average molecular weight is 257 g/mol. The van der Waals surface area contributed by atoms with Gasteiger partial charge in [0, 0.05) is 18.8 Å². The molecule has 0 radical (unpaired) electrons. The monoisotopic (exact) mass is 257 g/mol. The predicted molar refractivity (Wildman–Crippen MR) is 67.6 cm³/mol. The summed E-state index contributed by atoms with van der Waals surface area (Å²) in [5.74, 6) is 0.470. The molecule has 0 spiro atoms. The van der Waals surface area contributed by atoms with Gasteiger partial charge in [0.25, 0.3) is 0 Å². The number of aryl methyl sites for hydroxylation is 1. The van der Waals surface area contributed by atoms with E-state index in [9.17, 15) is 4.79 Å². The smallest absolute Gasteiger partial charge is 0.234 e. The Hall–Kier alpha value is -1.08. The minimum absolute atomic E-state index is 0.243. The average Bonchev–Trinajstić information content (AvgIpc) is 2.62. The molecule has 1 amide bonds. The number of carbonyl (C=O) groups excluding carboxylic acids is 1. The van der Waals surface area contributed by atoms with Crippen molar-refractivity contribution in [2.45, 2.75) is 37.5 Å². The van der Waals surface area contributed by atoms with Crippen LogP contribution in [0.15, 0.2) is 11.5 Å². The van der Waals surface area contributed by atoms with Crippen molar-refractivity contribution in [3.8, 4) is 0 Å². The molecule has 1 aromatic rings. The summed E-state index contributed by atoms with van der Waals surface area (Å²) in [4.78, 5) is 15.3. The lowest BCUT2D eigenvalue weighted by Gasteiger charge is -2.17. The van der Waals surface area contributed by atoms with Gasteiger partial charge in [0.1, 0.15) is 6.33 Å². The van der Waals surface area contributed by atoms with E-state index in [1.807, 2.05) is 20.9 Å². The molecule has 1 unspecified atom stereocenters. The molecule has 0 aromatic carbocycles. The first-order valence-electron chi connectivity index (χ1n) is 5.53. The fourth-order valence-corrected chi connectivity index (χ4v) is 2.29. The van der Waals surface area contributed by atoms with Crippen LogP contribution in [0.1, 0.15) is 20.3 Å². The molecule has 7 heteroatoms. The second kappa shape index (κ2) is 6.61. The molecule has 17 heavy (non-hydrogen) atoms. The Morgan fingerprint density at radius 2 is 2.35 bits per heavy atom. The highest BCUT2D eigenvalue weighted by molar-refractivity contribution is 7.99. The topological polar surface area (TPSA) is 85.8 Å². The van der Waals surface area contributed by atoms with Gasteiger partial charge in [-0.3, -0.25) is 4.79 Å². The Morgan fingerprint density at radius 3 is 2.82 bits per heavy atom. The zero-order valence-electron chi connectivity index (χ0n) is 10.4. The number of primary amides is 1. The third-order valence-electron chi connectivity index (χ3n) is 2.19. The van der Waals surface area contributed by atoms with Gasteiger partial charge in [-0.1, -0.05) is 25.6 Å². The van der Waals surface area contributed by atoms with Gasteiger partial charge >= 0.3 is 0 Å². The van der Waals surface area contributed by atoms with Gasteiger partial charge in [-0.25, -0.2) is 9.67 Å². The zero-order chi connectivity index (χ0) is 12.8. The third-order valence-corrected chi connectivity index (χ3v) is 3.25. The van der Waals surface area contributed by atoms with Gasteiger partial charge < -0.3 is 11.1 Å². The van der Waals surface area contributed by atoms with E-state index in [-0.39, 0.29) is 18.0 Å². The molecular weight excluding hydrogens is 238 g/mol. The summed E-state index contributed by atoms with van der Waals surface area (Å²) in [6.07, 6.45) is 2.20.